The molecule has 3 rings (SSSR count). The lowest BCUT2D eigenvalue weighted by Gasteiger charge is -2.25. The van der Waals surface area contributed by atoms with Crippen LogP contribution in [0, 0.1) is 0 Å². The Kier molecular flexibility index (Phi) is 7.13. The molecule has 1 amide bonds. The molecule has 1 unspecified atom stereocenters. The van der Waals surface area contributed by atoms with E-state index in [1.165, 1.54) is 24.1 Å². The predicted octanol–water partition coefficient (Wildman–Crippen LogP) is 5.23. The van der Waals surface area contributed by atoms with Crippen LogP contribution in [0.25, 0.3) is 5.76 Å². The summed E-state index contributed by atoms with van der Waals surface area (Å²) in [5, 5.41) is 11.6. The van der Waals surface area contributed by atoms with Crippen LogP contribution >= 0.6 is 23.2 Å². The summed E-state index contributed by atoms with van der Waals surface area (Å²) in [5.74, 6) is -1.01. The number of methoxy groups -OCH3 is 1. The molecule has 2 aromatic carbocycles. The van der Waals surface area contributed by atoms with Crippen LogP contribution in [-0.2, 0) is 9.59 Å². The molecule has 1 aliphatic rings. The van der Waals surface area contributed by atoms with Gasteiger partial charge < -0.3 is 19.5 Å². The molecule has 1 atom stereocenters. The molecule has 0 radical (unpaired) electrons. The van der Waals surface area contributed by atoms with Crippen molar-refractivity contribution in [2.75, 3.05) is 20.3 Å². The molecular weight excluding hydrogens is 441 g/mol. The first-order valence-electron chi connectivity index (χ1n) is 9.88. The van der Waals surface area contributed by atoms with Crippen molar-refractivity contribution in [2.24, 2.45) is 0 Å². The van der Waals surface area contributed by atoms with Gasteiger partial charge in [-0.05, 0) is 43.2 Å². The molecule has 0 bridgehead atoms. The monoisotopic (exact) mass is 463 g/mol. The second-order valence-electron chi connectivity index (χ2n) is 6.96. The van der Waals surface area contributed by atoms with E-state index < -0.39 is 23.5 Å². The van der Waals surface area contributed by atoms with Gasteiger partial charge in [-0.3, -0.25) is 9.59 Å². The Labute approximate surface area is 191 Å². The third kappa shape index (κ3) is 4.36. The summed E-state index contributed by atoms with van der Waals surface area (Å²) in [6.45, 7) is 4.66. The second kappa shape index (κ2) is 9.62. The number of amides is 1. The molecule has 0 saturated carbocycles. The number of carbonyl (C=O) groups is 2. The number of aliphatic hydroxyl groups excluding tert-OH is 1. The highest BCUT2D eigenvalue weighted by atomic mass is 35.5. The van der Waals surface area contributed by atoms with Gasteiger partial charge >= 0.3 is 0 Å². The number of benzene rings is 2. The van der Waals surface area contributed by atoms with Crippen molar-refractivity contribution in [1.82, 2.24) is 4.90 Å². The van der Waals surface area contributed by atoms with Crippen LogP contribution in [0.2, 0.25) is 10.0 Å². The lowest BCUT2D eigenvalue weighted by atomic mass is 9.95. The van der Waals surface area contributed by atoms with Crippen LogP contribution in [0.1, 0.15) is 37.4 Å². The predicted molar refractivity (Wildman–Crippen MR) is 120 cm³/mol. The third-order valence-electron chi connectivity index (χ3n) is 4.98. The number of aliphatic hydroxyl groups is 1. The zero-order valence-corrected chi connectivity index (χ0v) is 19.0. The van der Waals surface area contributed by atoms with Gasteiger partial charge in [-0.25, -0.2) is 0 Å². The number of halogens is 2. The van der Waals surface area contributed by atoms with Gasteiger partial charge in [-0.15, -0.1) is 0 Å². The molecule has 1 N–H and O–H groups in total. The van der Waals surface area contributed by atoms with Gasteiger partial charge in [0.15, 0.2) is 0 Å². The van der Waals surface area contributed by atoms with Crippen molar-refractivity contribution in [3.8, 4) is 11.5 Å². The third-order valence-corrected chi connectivity index (χ3v) is 5.48. The molecule has 0 aliphatic carbocycles. The maximum Gasteiger partial charge on any atom is 0.295 e. The summed E-state index contributed by atoms with van der Waals surface area (Å²) in [4.78, 5) is 27.3. The molecular formula is C23H23Cl2NO5. The molecule has 1 aliphatic heterocycles. The number of rotatable bonds is 7. The summed E-state index contributed by atoms with van der Waals surface area (Å²) in [5.41, 5.74) is 0.773. The number of hydrogen-bond donors (Lipinski definition) is 1. The zero-order valence-electron chi connectivity index (χ0n) is 17.4. The van der Waals surface area contributed by atoms with E-state index in [2.05, 4.69) is 0 Å². The first-order valence-corrected chi connectivity index (χ1v) is 10.6. The lowest BCUT2D eigenvalue weighted by molar-refractivity contribution is -0.139. The minimum Gasteiger partial charge on any atom is -0.507 e. The quantitative estimate of drug-likeness (QED) is 0.345. The van der Waals surface area contributed by atoms with Crippen molar-refractivity contribution < 1.29 is 24.2 Å². The van der Waals surface area contributed by atoms with Gasteiger partial charge in [0.05, 0.1) is 35.9 Å². The van der Waals surface area contributed by atoms with E-state index in [1.807, 2.05) is 13.8 Å². The van der Waals surface area contributed by atoms with E-state index in [1.54, 1.807) is 24.3 Å². The van der Waals surface area contributed by atoms with Crippen LogP contribution in [0.4, 0.5) is 0 Å². The first kappa shape index (κ1) is 23.0. The smallest absolute Gasteiger partial charge is 0.295 e. The Hall–Kier alpha value is -2.70. The summed E-state index contributed by atoms with van der Waals surface area (Å²) in [7, 11) is 1.39. The average Bonchev–Trinajstić information content (AvgIpc) is 2.99. The maximum absolute atomic E-state index is 13.0. The Morgan fingerprint density at radius 1 is 1.13 bits per heavy atom. The number of likely N-dealkylation sites (tertiary alicyclic amines) is 1. The number of carbonyl (C=O) groups excluding carboxylic acids is 2. The Morgan fingerprint density at radius 2 is 1.81 bits per heavy atom. The normalized spacial score (nSPS) is 17.8. The van der Waals surface area contributed by atoms with Crippen molar-refractivity contribution in [2.45, 2.75) is 26.3 Å². The van der Waals surface area contributed by atoms with E-state index >= 15 is 0 Å². The van der Waals surface area contributed by atoms with Crippen LogP contribution in [0.3, 0.4) is 0 Å². The van der Waals surface area contributed by atoms with Crippen molar-refractivity contribution in [1.29, 1.82) is 0 Å². The molecule has 2 aromatic rings. The van der Waals surface area contributed by atoms with Crippen LogP contribution in [0.5, 0.6) is 11.5 Å². The fourth-order valence-electron chi connectivity index (χ4n) is 3.70. The molecule has 0 aromatic heterocycles. The SMILES string of the molecule is CCCN1C(=O)C(=O)/C(=C(/O)c2cc(Cl)cc(Cl)c2OC)C1c1ccc(OCC)cc1. The minimum atomic E-state index is -0.775. The van der Waals surface area contributed by atoms with Crippen molar-refractivity contribution in [3.63, 3.8) is 0 Å². The van der Waals surface area contributed by atoms with E-state index in [-0.39, 0.29) is 26.9 Å². The summed E-state index contributed by atoms with van der Waals surface area (Å²) < 4.78 is 10.8. The molecule has 0 spiro atoms. The van der Waals surface area contributed by atoms with Gasteiger partial charge in [0, 0.05) is 11.6 Å². The zero-order chi connectivity index (χ0) is 22.7. The molecule has 6 nitrogen and oxygen atoms in total. The van der Waals surface area contributed by atoms with Gasteiger partial charge in [0.2, 0.25) is 0 Å². The maximum atomic E-state index is 13.0. The van der Waals surface area contributed by atoms with Crippen LogP contribution in [0.15, 0.2) is 42.0 Å². The summed E-state index contributed by atoms with van der Waals surface area (Å²) in [6.07, 6.45) is 0.646. The molecule has 164 valence electrons. The van der Waals surface area contributed by atoms with Crippen molar-refractivity contribution in [3.05, 3.63) is 63.1 Å². The highest BCUT2D eigenvalue weighted by molar-refractivity contribution is 6.46. The molecule has 1 saturated heterocycles. The van der Waals surface area contributed by atoms with Gasteiger partial charge in [0.25, 0.3) is 11.7 Å². The highest BCUT2D eigenvalue weighted by Gasteiger charge is 2.46. The number of Topliss-reactive ketones (excluding diaryl/α,β-unsaturated/α-hetero) is 1. The Morgan fingerprint density at radius 3 is 2.39 bits per heavy atom. The van der Waals surface area contributed by atoms with E-state index in [9.17, 15) is 14.7 Å². The molecule has 1 fully saturated rings. The highest BCUT2D eigenvalue weighted by Crippen LogP contribution is 2.43. The summed E-state index contributed by atoms with van der Waals surface area (Å²) >= 11 is 12.3. The number of nitrogens with zero attached hydrogens (tertiary/aromatic N) is 1. The number of hydrogen-bond acceptors (Lipinski definition) is 5. The summed E-state index contributed by atoms with van der Waals surface area (Å²) in [6, 6.07) is 9.24. The van der Waals surface area contributed by atoms with E-state index in [4.69, 9.17) is 32.7 Å². The number of ether oxygens (including phenoxy) is 2. The molecule has 31 heavy (non-hydrogen) atoms. The van der Waals surface area contributed by atoms with E-state index in [0.717, 1.165) is 0 Å². The van der Waals surface area contributed by atoms with E-state index in [0.29, 0.717) is 30.9 Å². The van der Waals surface area contributed by atoms with Crippen molar-refractivity contribution >= 4 is 40.7 Å². The topological polar surface area (TPSA) is 76.1 Å². The fourth-order valence-corrected chi connectivity index (χ4v) is 4.27. The Balaban J connectivity index is 2.22. The van der Waals surface area contributed by atoms with Gasteiger partial charge in [-0.1, -0.05) is 42.3 Å². The minimum absolute atomic E-state index is 0.0424. The largest absolute Gasteiger partial charge is 0.507 e. The number of ketones is 1. The second-order valence-corrected chi connectivity index (χ2v) is 7.81. The lowest BCUT2D eigenvalue weighted by Crippen LogP contribution is -2.30. The standard InChI is InChI=1S/C23H23Cl2NO5/c1-4-10-26-19(13-6-8-15(9-7-13)31-5-2)18(21(28)23(26)29)20(27)16-11-14(24)12-17(25)22(16)30-3/h6-9,11-12,19,27H,4-5,10H2,1-3H3/b20-18+. The van der Waals surface area contributed by atoms with Gasteiger partial charge in [-0.2, -0.15) is 0 Å². The van der Waals surface area contributed by atoms with Gasteiger partial charge in [0.1, 0.15) is 17.3 Å². The molecule has 8 heteroatoms. The fraction of sp³-hybridized carbons (Fsp3) is 0.304. The first-order chi connectivity index (χ1) is 14.8. The Bertz CT molecular complexity index is 1030. The van der Waals surface area contributed by atoms with Crippen LogP contribution < -0.4 is 9.47 Å². The van der Waals surface area contributed by atoms with Crippen LogP contribution in [-0.4, -0.2) is 42.0 Å². The molecule has 1 heterocycles. The average molecular weight is 464 g/mol.